The lowest BCUT2D eigenvalue weighted by molar-refractivity contribution is -0.123. The molecule has 1 aromatic rings. The van der Waals surface area contributed by atoms with E-state index in [1.165, 1.54) is 0 Å². The van der Waals surface area contributed by atoms with E-state index in [2.05, 4.69) is 33.0 Å². The van der Waals surface area contributed by atoms with E-state index >= 15 is 0 Å². The summed E-state index contributed by atoms with van der Waals surface area (Å²) < 4.78 is 5.55. The molecule has 0 aromatic heterocycles. The van der Waals surface area contributed by atoms with Crippen molar-refractivity contribution in [1.29, 1.82) is 0 Å². The Bertz CT molecular complexity index is 495. The van der Waals surface area contributed by atoms with Gasteiger partial charge in [0.2, 0.25) is 5.91 Å². The molecule has 1 fully saturated rings. The Morgan fingerprint density at radius 1 is 1.30 bits per heavy atom. The van der Waals surface area contributed by atoms with Crippen LogP contribution in [0.15, 0.2) is 24.3 Å². The Kier molecular flexibility index (Phi) is 3.67. The Balaban J connectivity index is 1.74. The van der Waals surface area contributed by atoms with Gasteiger partial charge in [-0.1, -0.05) is 33.8 Å². The number of anilines is 1. The summed E-state index contributed by atoms with van der Waals surface area (Å²) in [5, 5.41) is 2.95. The van der Waals surface area contributed by atoms with Crippen LogP contribution in [-0.2, 0) is 4.79 Å². The topological polar surface area (TPSA) is 64.3 Å². The van der Waals surface area contributed by atoms with Crippen molar-refractivity contribution in [2.24, 2.45) is 16.7 Å². The lowest BCUT2D eigenvalue weighted by Crippen LogP contribution is -2.31. The highest BCUT2D eigenvalue weighted by atomic mass is 16.5. The molecule has 20 heavy (non-hydrogen) atoms. The van der Waals surface area contributed by atoms with Gasteiger partial charge in [-0.05, 0) is 23.0 Å². The highest BCUT2D eigenvalue weighted by molar-refractivity contribution is 5.84. The minimum atomic E-state index is 0.0752. The second kappa shape index (κ2) is 5.00. The van der Waals surface area contributed by atoms with Crippen LogP contribution in [0, 0.1) is 16.7 Å². The molecule has 1 aliphatic carbocycles. The molecule has 0 spiro atoms. The number of nitrogen functional groups attached to an aromatic ring is 1. The quantitative estimate of drug-likeness (QED) is 0.641. The van der Waals surface area contributed by atoms with E-state index in [0.717, 1.165) is 5.75 Å². The zero-order valence-corrected chi connectivity index (χ0v) is 12.7. The van der Waals surface area contributed by atoms with Crippen molar-refractivity contribution in [3.05, 3.63) is 24.3 Å². The van der Waals surface area contributed by atoms with E-state index in [1.807, 2.05) is 18.2 Å². The molecule has 3 N–H and O–H groups in total. The fourth-order valence-electron chi connectivity index (χ4n) is 2.90. The van der Waals surface area contributed by atoms with Gasteiger partial charge in [0, 0.05) is 17.7 Å². The first-order chi connectivity index (χ1) is 9.26. The number of amides is 1. The largest absolute Gasteiger partial charge is 0.492 e. The minimum Gasteiger partial charge on any atom is -0.492 e. The molecular formula is C16H24N2O2. The van der Waals surface area contributed by atoms with Crippen molar-refractivity contribution in [3.63, 3.8) is 0 Å². The number of nitrogens with two attached hydrogens (primary N) is 1. The normalized spacial score (nSPS) is 19.4. The second-order valence-corrected chi connectivity index (χ2v) is 6.59. The van der Waals surface area contributed by atoms with Gasteiger partial charge < -0.3 is 15.8 Å². The van der Waals surface area contributed by atoms with Crippen LogP contribution in [0.25, 0.3) is 0 Å². The number of rotatable bonds is 5. The Morgan fingerprint density at radius 2 is 1.95 bits per heavy atom. The smallest absolute Gasteiger partial charge is 0.224 e. The SMILES string of the molecule is CC1(C)C(C(=O)NCCOc2cccc(N)c2)C1(C)C. The molecule has 0 saturated heterocycles. The third kappa shape index (κ3) is 2.60. The summed E-state index contributed by atoms with van der Waals surface area (Å²) in [5.41, 5.74) is 6.49. The molecule has 110 valence electrons. The second-order valence-electron chi connectivity index (χ2n) is 6.59. The molecule has 1 aliphatic rings. The number of carbonyl (C=O) groups excluding carboxylic acids is 1. The lowest BCUT2D eigenvalue weighted by Gasteiger charge is -2.09. The first-order valence-corrected chi connectivity index (χ1v) is 7.03. The van der Waals surface area contributed by atoms with Crippen LogP contribution in [0.5, 0.6) is 5.75 Å². The van der Waals surface area contributed by atoms with E-state index in [0.29, 0.717) is 18.8 Å². The van der Waals surface area contributed by atoms with Crippen LogP contribution < -0.4 is 15.8 Å². The van der Waals surface area contributed by atoms with Gasteiger partial charge in [-0.25, -0.2) is 0 Å². The molecule has 0 unspecified atom stereocenters. The minimum absolute atomic E-state index is 0.0752. The molecular weight excluding hydrogens is 252 g/mol. The molecule has 0 atom stereocenters. The molecule has 1 aromatic carbocycles. The fourth-order valence-corrected chi connectivity index (χ4v) is 2.90. The summed E-state index contributed by atoms with van der Waals surface area (Å²) in [6.45, 7) is 9.51. The van der Waals surface area contributed by atoms with Gasteiger partial charge in [0.15, 0.2) is 0 Å². The molecule has 2 rings (SSSR count). The van der Waals surface area contributed by atoms with Crippen LogP contribution in [0.2, 0.25) is 0 Å². The average Bonchev–Trinajstić information content (AvgIpc) is 2.75. The monoisotopic (exact) mass is 276 g/mol. The molecule has 0 bridgehead atoms. The summed E-state index contributed by atoms with van der Waals surface area (Å²) in [6, 6.07) is 7.28. The number of benzene rings is 1. The zero-order chi connectivity index (χ0) is 15.0. The van der Waals surface area contributed by atoms with Crippen LogP contribution in [0.4, 0.5) is 5.69 Å². The standard InChI is InChI=1S/C16H24N2O2/c1-15(2)13(16(15,3)4)14(19)18-8-9-20-12-7-5-6-11(17)10-12/h5-7,10,13H,8-9,17H2,1-4H3,(H,18,19). The van der Waals surface area contributed by atoms with Gasteiger partial charge in [0.25, 0.3) is 0 Å². The maximum Gasteiger partial charge on any atom is 0.224 e. The van der Waals surface area contributed by atoms with Gasteiger partial charge in [-0.2, -0.15) is 0 Å². The fraction of sp³-hybridized carbons (Fsp3) is 0.562. The Hall–Kier alpha value is -1.71. The average molecular weight is 276 g/mol. The first kappa shape index (κ1) is 14.7. The van der Waals surface area contributed by atoms with Gasteiger partial charge in [-0.15, -0.1) is 0 Å². The van der Waals surface area contributed by atoms with Crippen molar-refractivity contribution in [1.82, 2.24) is 5.32 Å². The summed E-state index contributed by atoms with van der Waals surface area (Å²) in [7, 11) is 0. The van der Waals surface area contributed by atoms with Gasteiger partial charge in [0.05, 0.1) is 6.54 Å². The number of hydrogen-bond donors (Lipinski definition) is 2. The van der Waals surface area contributed by atoms with E-state index in [1.54, 1.807) is 6.07 Å². The maximum absolute atomic E-state index is 12.1. The van der Waals surface area contributed by atoms with Crippen molar-refractivity contribution < 1.29 is 9.53 Å². The summed E-state index contributed by atoms with van der Waals surface area (Å²) in [5.74, 6) is 0.935. The van der Waals surface area contributed by atoms with Crippen LogP contribution >= 0.6 is 0 Å². The van der Waals surface area contributed by atoms with Crippen LogP contribution in [0.3, 0.4) is 0 Å². The third-order valence-corrected chi connectivity index (χ3v) is 4.81. The highest BCUT2D eigenvalue weighted by Gasteiger charge is 2.68. The Morgan fingerprint density at radius 3 is 2.50 bits per heavy atom. The van der Waals surface area contributed by atoms with E-state index in [4.69, 9.17) is 10.5 Å². The Labute approximate surface area is 120 Å². The van der Waals surface area contributed by atoms with Gasteiger partial charge in [-0.3, -0.25) is 4.79 Å². The molecule has 0 heterocycles. The van der Waals surface area contributed by atoms with E-state index in [9.17, 15) is 4.79 Å². The number of ether oxygens (including phenoxy) is 1. The van der Waals surface area contributed by atoms with Crippen LogP contribution in [-0.4, -0.2) is 19.1 Å². The van der Waals surface area contributed by atoms with Crippen molar-refractivity contribution in [2.75, 3.05) is 18.9 Å². The van der Waals surface area contributed by atoms with E-state index < -0.39 is 0 Å². The third-order valence-electron chi connectivity index (χ3n) is 4.81. The number of nitrogens with one attached hydrogen (secondary N) is 1. The lowest BCUT2D eigenvalue weighted by atomic mass is 10.0. The highest BCUT2D eigenvalue weighted by Crippen LogP contribution is 2.68. The predicted octanol–water partition coefficient (Wildman–Crippen LogP) is 2.45. The van der Waals surface area contributed by atoms with Crippen molar-refractivity contribution in [2.45, 2.75) is 27.7 Å². The van der Waals surface area contributed by atoms with E-state index in [-0.39, 0.29) is 22.7 Å². The van der Waals surface area contributed by atoms with Crippen molar-refractivity contribution in [3.8, 4) is 5.75 Å². The molecule has 0 aliphatic heterocycles. The molecule has 4 nitrogen and oxygen atoms in total. The number of carbonyl (C=O) groups is 1. The van der Waals surface area contributed by atoms with Crippen molar-refractivity contribution >= 4 is 11.6 Å². The number of hydrogen-bond acceptors (Lipinski definition) is 3. The molecule has 4 heteroatoms. The van der Waals surface area contributed by atoms with Gasteiger partial charge >= 0.3 is 0 Å². The maximum atomic E-state index is 12.1. The van der Waals surface area contributed by atoms with Gasteiger partial charge in [0.1, 0.15) is 12.4 Å². The summed E-state index contributed by atoms with van der Waals surface area (Å²) >= 11 is 0. The first-order valence-electron chi connectivity index (χ1n) is 7.03. The molecule has 0 radical (unpaired) electrons. The van der Waals surface area contributed by atoms with Crippen LogP contribution in [0.1, 0.15) is 27.7 Å². The summed E-state index contributed by atoms with van der Waals surface area (Å²) in [4.78, 5) is 12.1. The predicted molar refractivity (Wildman–Crippen MR) is 80.4 cm³/mol. The molecule has 1 amide bonds. The molecule has 1 saturated carbocycles. The zero-order valence-electron chi connectivity index (χ0n) is 12.7. The summed E-state index contributed by atoms with van der Waals surface area (Å²) in [6.07, 6.45) is 0.